The molecular formula is C12H14FNO2. The van der Waals surface area contributed by atoms with Crippen LogP contribution in [0, 0.1) is 17.1 Å². The van der Waals surface area contributed by atoms with E-state index in [1.165, 1.54) is 12.1 Å². The molecular weight excluding hydrogens is 209 g/mol. The van der Waals surface area contributed by atoms with Crippen LogP contribution in [0.15, 0.2) is 18.2 Å². The van der Waals surface area contributed by atoms with Crippen molar-refractivity contribution in [3.8, 4) is 6.07 Å². The lowest BCUT2D eigenvalue weighted by Crippen LogP contribution is -2.00. The number of benzene rings is 1. The van der Waals surface area contributed by atoms with Gasteiger partial charge < -0.3 is 9.47 Å². The van der Waals surface area contributed by atoms with Crippen molar-refractivity contribution in [2.24, 2.45) is 0 Å². The van der Waals surface area contributed by atoms with E-state index in [9.17, 15) is 4.39 Å². The second-order valence-electron chi connectivity index (χ2n) is 3.36. The quantitative estimate of drug-likeness (QED) is 0.694. The highest BCUT2D eigenvalue weighted by Gasteiger charge is 2.00. The van der Waals surface area contributed by atoms with Gasteiger partial charge >= 0.3 is 0 Å². The summed E-state index contributed by atoms with van der Waals surface area (Å²) in [6.07, 6.45) is 0.803. The summed E-state index contributed by atoms with van der Waals surface area (Å²) in [5.41, 5.74) is 0.990. The standard InChI is InChI=1S/C12H14FNO2/c1-15-3-2-4-16-9-11-5-10(8-14)6-12(13)7-11/h5-7H,2-4,9H2,1H3. The van der Waals surface area contributed by atoms with Crippen LogP contribution in [-0.2, 0) is 16.1 Å². The van der Waals surface area contributed by atoms with Crippen molar-refractivity contribution in [2.75, 3.05) is 20.3 Å². The van der Waals surface area contributed by atoms with Crippen LogP contribution in [0.25, 0.3) is 0 Å². The molecule has 86 valence electrons. The van der Waals surface area contributed by atoms with Gasteiger partial charge in [0.1, 0.15) is 5.82 Å². The molecule has 0 radical (unpaired) electrons. The van der Waals surface area contributed by atoms with E-state index < -0.39 is 5.82 Å². The van der Waals surface area contributed by atoms with Crippen molar-refractivity contribution in [1.29, 1.82) is 5.26 Å². The average Bonchev–Trinajstić information content (AvgIpc) is 2.28. The largest absolute Gasteiger partial charge is 0.385 e. The number of rotatable bonds is 6. The maximum absolute atomic E-state index is 13.0. The van der Waals surface area contributed by atoms with Crippen molar-refractivity contribution in [2.45, 2.75) is 13.0 Å². The molecule has 16 heavy (non-hydrogen) atoms. The highest BCUT2D eigenvalue weighted by Crippen LogP contribution is 2.09. The molecule has 0 spiro atoms. The first-order chi connectivity index (χ1) is 7.76. The van der Waals surface area contributed by atoms with Gasteiger partial charge in [-0.25, -0.2) is 4.39 Å². The van der Waals surface area contributed by atoms with Gasteiger partial charge in [-0.2, -0.15) is 5.26 Å². The normalized spacial score (nSPS) is 10.1. The molecule has 0 amide bonds. The van der Waals surface area contributed by atoms with E-state index in [0.717, 1.165) is 6.42 Å². The van der Waals surface area contributed by atoms with Gasteiger partial charge in [-0.05, 0) is 30.2 Å². The maximum Gasteiger partial charge on any atom is 0.124 e. The number of ether oxygens (including phenoxy) is 2. The first-order valence-corrected chi connectivity index (χ1v) is 5.02. The highest BCUT2D eigenvalue weighted by molar-refractivity contribution is 5.33. The molecule has 0 aliphatic carbocycles. The Morgan fingerprint density at radius 2 is 2.12 bits per heavy atom. The van der Waals surface area contributed by atoms with Crippen LogP contribution in [0.2, 0.25) is 0 Å². The Labute approximate surface area is 94.4 Å². The molecule has 4 heteroatoms. The molecule has 0 saturated heterocycles. The summed E-state index contributed by atoms with van der Waals surface area (Å²) in [7, 11) is 1.63. The van der Waals surface area contributed by atoms with Gasteiger partial charge in [-0.1, -0.05) is 0 Å². The third-order valence-corrected chi connectivity index (χ3v) is 1.99. The smallest absolute Gasteiger partial charge is 0.124 e. The van der Waals surface area contributed by atoms with Crippen LogP contribution >= 0.6 is 0 Å². The van der Waals surface area contributed by atoms with Crippen LogP contribution in [0.4, 0.5) is 4.39 Å². The molecule has 1 aromatic rings. The Morgan fingerprint density at radius 1 is 1.31 bits per heavy atom. The van der Waals surface area contributed by atoms with Crippen molar-refractivity contribution in [3.63, 3.8) is 0 Å². The summed E-state index contributed by atoms with van der Waals surface area (Å²) >= 11 is 0. The molecule has 1 aromatic carbocycles. The molecule has 0 bridgehead atoms. The minimum atomic E-state index is -0.408. The third kappa shape index (κ3) is 4.39. The molecule has 0 aromatic heterocycles. The van der Waals surface area contributed by atoms with Gasteiger partial charge in [0.05, 0.1) is 18.2 Å². The zero-order chi connectivity index (χ0) is 11.8. The molecule has 1 rings (SSSR count). The Hall–Kier alpha value is -1.44. The number of halogens is 1. The Bertz CT molecular complexity index is 374. The first-order valence-electron chi connectivity index (χ1n) is 5.02. The summed E-state index contributed by atoms with van der Waals surface area (Å²) in [6.45, 7) is 1.52. The molecule has 0 heterocycles. The summed E-state index contributed by atoms with van der Waals surface area (Å²) in [6, 6.07) is 6.10. The summed E-state index contributed by atoms with van der Waals surface area (Å²) < 4.78 is 23.2. The van der Waals surface area contributed by atoms with Crippen LogP contribution in [0.1, 0.15) is 17.5 Å². The van der Waals surface area contributed by atoms with Crippen LogP contribution < -0.4 is 0 Å². The zero-order valence-electron chi connectivity index (χ0n) is 9.20. The number of nitrogens with zero attached hydrogens (tertiary/aromatic N) is 1. The number of hydrogen-bond acceptors (Lipinski definition) is 3. The first kappa shape index (κ1) is 12.6. The van der Waals surface area contributed by atoms with Crippen LogP contribution in [0.3, 0.4) is 0 Å². The second-order valence-corrected chi connectivity index (χ2v) is 3.36. The van der Waals surface area contributed by atoms with Crippen LogP contribution in [0.5, 0.6) is 0 Å². The van der Waals surface area contributed by atoms with Gasteiger partial charge in [-0.15, -0.1) is 0 Å². The van der Waals surface area contributed by atoms with E-state index in [0.29, 0.717) is 30.9 Å². The Morgan fingerprint density at radius 3 is 2.81 bits per heavy atom. The summed E-state index contributed by atoms with van der Waals surface area (Å²) in [4.78, 5) is 0. The molecule has 0 atom stereocenters. The predicted molar refractivity (Wildman–Crippen MR) is 57.3 cm³/mol. The lowest BCUT2D eigenvalue weighted by Gasteiger charge is -2.04. The maximum atomic E-state index is 13.0. The van der Waals surface area contributed by atoms with Crippen molar-refractivity contribution >= 4 is 0 Å². The molecule has 0 aliphatic heterocycles. The average molecular weight is 223 g/mol. The molecule has 3 nitrogen and oxygen atoms in total. The topological polar surface area (TPSA) is 42.2 Å². The third-order valence-electron chi connectivity index (χ3n) is 1.99. The molecule has 0 unspecified atom stereocenters. The minimum Gasteiger partial charge on any atom is -0.385 e. The second kappa shape index (κ2) is 6.94. The fraction of sp³-hybridized carbons (Fsp3) is 0.417. The number of hydrogen-bond donors (Lipinski definition) is 0. The van der Waals surface area contributed by atoms with E-state index in [4.69, 9.17) is 14.7 Å². The highest BCUT2D eigenvalue weighted by atomic mass is 19.1. The van der Waals surface area contributed by atoms with Gasteiger partial charge in [0.2, 0.25) is 0 Å². The van der Waals surface area contributed by atoms with Crippen molar-refractivity contribution < 1.29 is 13.9 Å². The monoisotopic (exact) mass is 223 g/mol. The molecule has 0 fully saturated rings. The zero-order valence-corrected chi connectivity index (χ0v) is 9.20. The molecule has 0 saturated carbocycles. The number of nitriles is 1. The van der Waals surface area contributed by atoms with Gasteiger partial charge in [0.15, 0.2) is 0 Å². The van der Waals surface area contributed by atoms with Gasteiger partial charge in [0.25, 0.3) is 0 Å². The lowest BCUT2D eigenvalue weighted by atomic mass is 10.1. The van der Waals surface area contributed by atoms with E-state index in [2.05, 4.69) is 0 Å². The molecule has 0 aliphatic rings. The fourth-order valence-electron chi connectivity index (χ4n) is 1.29. The summed E-state index contributed by atoms with van der Waals surface area (Å²) in [5.74, 6) is -0.408. The Balaban J connectivity index is 2.42. The number of methoxy groups -OCH3 is 1. The van der Waals surface area contributed by atoms with E-state index in [1.54, 1.807) is 13.2 Å². The van der Waals surface area contributed by atoms with E-state index in [1.807, 2.05) is 6.07 Å². The van der Waals surface area contributed by atoms with E-state index >= 15 is 0 Å². The summed E-state index contributed by atoms with van der Waals surface area (Å²) in [5, 5.41) is 8.65. The minimum absolute atomic E-state index is 0.315. The lowest BCUT2D eigenvalue weighted by molar-refractivity contribution is 0.0927. The van der Waals surface area contributed by atoms with E-state index in [-0.39, 0.29) is 0 Å². The van der Waals surface area contributed by atoms with Crippen molar-refractivity contribution in [3.05, 3.63) is 35.1 Å². The SMILES string of the molecule is COCCCOCc1cc(F)cc(C#N)c1. The fourth-order valence-corrected chi connectivity index (χ4v) is 1.29. The molecule has 0 N–H and O–H groups in total. The van der Waals surface area contributed by atoms with Crippen molar-refractivity contribution in [1.82, 2.24) is 0 Å². The van der Waals surface area contributed by atoms with Gasteiger partial charge in [-0.3, -0.25) is 0 Å². The van der Waals surface area contributed by atoms with Gasteiger partial charge in [0, 0.05) is 20.3 Å². The Kier molecular flexibility index (Phi) is 5.48. The predicted octanol–water partition coefficient (Wildman–Crippen LogP) is 2.25. The van der Waals surface area contributed by atoms with Crippen LogP contribution in [-0.4, -0.2) is 20.3 Å².